The molecule has 32 heavy (non-hydrogen) atoms. The Balaban J connectivity index is 1.52. The number of benzene rings is 1. The van der Waals surface area contributed by atoms with Crippen LogP contribution in [-0.4, -0.2) is 53.0 Å². The van der Waals surface area contributed by atoms with Crippen LogP contribution in [0.1, 0.15) is 55.1 Å². The Morgan fingerprint density at radius 2 is 1.97 bits per heavy atom. The molecular weight excluding hydrogens is 414 g/mol. The molecule has 2 saturated heterocycles. The van der Waals surface area contributed by atoms with E-state index in [4.69, 9.17) is 9.47 Å². The zero-order valence-corrected chi connectivity index (χ0v) is 18.2. The molecule has 1 aromatic carbocycles. The first-order valence-electron chi connectivity index (χ1n) is 10.7. The summed E-state index contributed by atoms with van der Waals surface area (Å²) in [6, 6.07) is 3.75. The smallest absolute Gasteiger partial charge is 0.410 e. The van der Waals surface area contributed by atoms with Crippen molar-refractivity contribution in [3.8, 4) is 5.75 Å². The van der Waals surface area contributed by atoms with Gasteiger partial charge in [0.1, 0.15) is 11.4 Å². The van der Waals surface area contributed by atoms with Gasteiger partial charge in [-0.3, -0.25) is 24.6 Å². The molecule has 168 valence electrons. The Hall–Kier alpha value is -3.36. The van der Waals surface area contributed by atoms with Crippen LogP contribution in [0.5, 0.6) is 5.75 Å². The van der Waals surface area contributed by atoms with Crippen molar-refractivity contribution in [1.82, 2.24) is 15.5 Å². The van der Waals surface area contributed by atoms with Gasteiger partial charge >= 0.3 is 6.09 Å². The van der Waals surface area contributed by atoms with Crippen LogP contribution in [0.3, 0.4) is 0 Å². The number of likely N-dealkylation sites (tertiary alicyclic amines) is 1. The van der Waals surface area contributed by atoms with Crippen molar-refractivity contribution in [2.45, 2.75) is 51.4 Å². The quantitative estimate of drug-likeness (QED) is 0.645. The van der Waals surface area contributed by atoms with E-state index in [0.717, 1.165) is 5.56 Å². The molecule has 2 fully saturated rings. The van der Waals surface area contributed by atoms with Gasteiger partial charge in [-0.2, -0.15) is 0 Å². The third-order valence-corrected chi connectivity index (χ3v) is 6.23. The maximum absolute atomic E-state index is 12.7. The molecule has 4 aliphatic rings. The largest absolute Gasteiger partial charge is 0.478 e. The molecule has 0 bridgehead atoms. The minimum Gasteiger partial charge on any atom is -0.478 e. The van der Waals surface area contributed by atoms with E-state index in [1.165, 1.54) is 4.90 Å². The Labute approximate surface area is 185 Å². The first-order valence-corrected chi connectivity index (χ1v) is 10.7. The van der Waals surface area contributed by atoms with Crippen LogP contribution in [0.2, 0.25) is 0 Å². The van der Waals surface area contributed by atoms with Gasteiger partial charge in [0, 0.05) is 18.5 Å². The first-order chi connectivity index (χ1) is 15.1. The number of fused-ring (bicyclic) bond motifs is 3. The van der Waals surface area contributed by atoms with Crippen molar-refractivity contribution in [3.63, 3.8) is 0 Å². The highest BCUT2D eigenvalue weighted by Gasteiger charge is 2.56. The lowest BCUT2D eigenvalue weighted by Crippen LogP contribution is -2.69. The minimum absolute atomic E-state index is 0.191. The fraction of sp³-hybridized carbons (Fsp3) is 0.478. The minimum atomic E-state index is -0.954. The molecule has 0 radical (unpaired) electrons. The summed E-state index contributed by atoms with van der Waals surface area (Å²) < 4.78 is 12.0. The molecule has 5 rings (SSSR count). The summed E-state index contributed by atoms with van der Waals surface area (Å²) in [6.45, 7) is 6.21. The molecule has 4 heterocycles. The second-order valence-corrected chi connectivity index (χ2v) is 9.74. The number of imide groups is 1. The normalized spacial score (nSPS) is 23.3. The van der Waals surface area contributed by atoms with Crippen molar-refractivity contribution in [2.75, 3.05) is 13.1 Å². The lowest BCUT2D eigenvalue weighted by molar-refractivity contribution is -0.136. The van der Waals surface area contributed by atoms with Crippen LogP contribution in [0.25, 0.3) is 6.08 Å². The number of hydrogen-bond acceptors (Lipinski definition) is 6. The summed E-state index contributed by atoms with van der Waals surface area (Å²) in [4.78, 5) is 50.9. The van der Waals surface area contributed by atoms with Crippen molar-refractivity contribution in [1.29, 1.82) is 0 Å². The SMILES string of the molecule is CC(C)(C)OC(=O)N1CC2(C1)Oc1c(ccc3c1C(=O)NC3)C=C2C1CCC(=O)NC1=O. The average Bonchev–Trinajstić information content (AvgIpc) is 3.05. The van der Waals surface area contributed by atoms with Crippen LogP contribution in [-0.2, 0) is 20.9 Å². The molecule has 1 atom stereocenters. The number of carbonyl (C=O) groups is 4. The van der Waals surface area contributed by atoms with Crippen molar-refractivity contribution in [3.05, 3.63) is 34.4 Å². The molecule has 9 heteroatoms. The van der Waals surface area contributed by atoms with Crippen molar-refractivity contribution in [2.24, 2.45) is 5.92 Å². The summed E-state index contributed by atoms with van der Waals surface area (Å²) in [7, 11) is 0. The number of nitrogens with one attached hydrogen (secondary N) is 2. The maximum atomic E-state index is 12.7. The average molecular weight is 439 g/mol. The molecule has 1 spiro atoms. The number of nitrogens with zero attached hydrogens (tertiary/aromatic N) is 1. The third-order valence-electron chi connectivity index (χ3n) is 6.23. The Kier molecular flexibility index (Phi) is 4.38. The molecule has 4 aliphatic heterocycles. The molecule has 4 amide bonds. The lowest BCUT2D eigenvalue weighted by Gasteiger charge is -2.53. The van der Waals surface area contributed by atoms with Crippen LogP contribution < -0.4 is 15.4 Å². The van der Waals surface area contributed by atoms with E-state index in [1.807, 2.05) is 18.2 Å². The number of amides is 4. The van der Waals surface area contributed by atoms with Gasteiger partial charge in [-0.05, 0) is 44.4 Å². The van der Waals surface area contributed by atoms with E-state index >= 15 is 0 Å². The summed E-state index contributed by atoms with van der Waals surface area (Å²) in [5, 5.41) is 5.22. The Morgan fingerprint density at radius 1 is 1.22 bits per heavy atom. The Morgan fingerprint density at radius 3 is 2.66 bits per heavy atom. The fourth-order valence-electron chi connectivity index (χ4n) is 4.76. The van der Waals surface area contributed by atoms with E-state index in [-0.39, 0.29) is 37.2 Å². The second kappa shape index (κ2) is 6.82. The van der Waals surface area contributed by atoms with Gasteiger partial charge in [0.2, 0.25) is 11.8 Å². The van der Waals surface area contributed by atoms with Crippen LogP contribution in [0, 0.1) is 5.92 Å². The van der Waals surface area contributed by atoms with Crippen molar-refractivity contribution >= 4 is 29.9 Å². The molecule has 1 unspecified atom stereocenters. The number of piperidine rings is 1. The van der Waals surface area contributed by atoms with Crippen LogP contribution in [0.15, 0.2) is 17.7 Å². The number of hydrogen-bond donors (Lipinski definition) is 2. The molecule has 0 aromatic heterocycles. The van der Waals surface area contributed by atoms with E-state index < -0.39 is 23.2 Å². The van der Waals surface area contributed by atoms with E-state index in [9.17, 15) is 19.2 Å². The zero-order valence-electron chi connectivity index (χ0n) is 18.2. The highest BCUT2D eigenvalue weighted by Crippen LogP contribution is 2.48. The number of rotatable bonds is 1. The second-order valence-electron chi connectivity index (χ2n) is 9.74. The number of ether oxygens (including phenoxy) is 2. The lowest BCUT2D eigenvalue weighted by atomic mass is 9.73. The van der Waals surface area contributed by atoms with Gasteiger partial charge in [-0.1, -0.05) is 12.1 Å². The number of carbonyl (C=O) groups excluding carboxylic acids is 4. The molecule has 0 saturated carbocycles. The van der Waals surface area contributed by atoms with Gasteiger partial charge < -0.3 is 14.8 Å². The van der Waals surface area contributed by atoms with Crippen LogP contribution in [0.4, 0.5) is 4.79 Å². The van der Waals surface area contributed by atoms with Crippen molar-refractivity contribution < 1.29 is 28.7 Å². The van der Waals surface area contributed by atoms with Gasteiger partial charge in [0.05, 0.1) is 24.6 Å². The highest BCUT2D eigenvalue weighted by atomic mass is 16.6. The summed E-state index contributed by atoms with van der Waals surface area (Å²) in [5.41, 5.74) is 1.18. The molecule has 2 N–H and O–H groups in total. The predicted octanol–water partition coefficient (Wildman–Crippen LogP) is 1.75. The van der Waals surface area contributed by atoms with Crippen LogP contribution >= 0.6 is 0 Å². The van der Waals surface area contributed by atoms with Gasteiger partial charge in [-0.15, -0.1) is 0 Å². The molecular formula is C23H25N3O6. The molecule has 9 nitrogen and oxygen atoms in total. The van der Waals surface area contributed by atoms with E-state index in [2.05, 4.69) is 10.6 Å². The fourth-order valence-corrected chi connectivity index (χ4v) is 4.76. The monoisotopic (exact) mass is 439 g/mol. The first kappa shape index (κ1) is 20.5. The topological polar surface area (TPSA) is 114 Å². The predicted molar refractivity (Wildman–Crippen MR) is 113 cm³/mol. The highest BCUT2D eigenvalue weighted by molar-refractivity contribution is 6.03. The van der Waals surface area contributed by atoms with E-state index in [0.29, 0.717) is 35.4 Å². The van der Waals surface area contributed by atoms with E-state index in [1.54, 1.807) is 20.8 Å². The van der Waals surface area contributed by atoms with Gasteiger partial charge in [0.25, 0.3) is 5.91 Å². The third kappa shape index (κ3) is 3.23. The van der Waals surface area contributed by atoms with Gasteiger partial charge in [0.15, 0.2) is 5.60 Å². The molecule has 0 aliphatic carbocycles. The molecule has 1 aromatic rings. The standard InChI is InChI=1S/C23H25N3O6/c1-22(2,3)32-21(30)26-10-23(11-26)15(14-6-7-16(27)25-19(14)28)8-12-4-5-13-9-24-20(29)17(13)18(12)31-23/h4-5,8,14H,6-7,9-11H2,1-3H3,(H,24,29)(H,25,27,28). The zero-order chi connectivity index (χ0) is 22.8. The summed E-state index contributed by atoms with van der Waals surface area (Å²) in [6.07, 6.45) is 2.03. The summed E-state index contributed by atoms with van der Waals surface area (Å²) in [5.74, 6) is -0.945. The Bertz CT molecular complexity index is 1090. The van der Waals surface area contributed by atoms with Gasteiger partial charge in [-0.25, -0.2) is 4.79 Å². The summed E-state index contributed by atoms with van der Waals surface area (Å²) >= 11 is 0. The maximum Gasteiger partial charge on any atom is 0.410 e.